The molecule has 1 aliphatic heterocycles. The molecule has 0 amide bonds. The average molecular weight is 899 g/mol. The summed E-state index contributed by atoms with van der Waals surface area (Å²) >= 11 is 1.91. The Balaban J connectivity index is 1.06. The maximum Gasteiger partial charge on any atom is 0.198 e. The molecule has 332 valence electrons. The molecule has 3 nitrogen and oxygen atoms in total. The second kappa shape index (κ2) is 13.4. The van der Waals surface area contributed by atoms with E-state index in [-0.39, 0.29) is 21.7 Å². The minimum atomic E-state index is -0.109. The Bertz CT molecular complexity index is 4030. The van der Waals surface area contributed by atoms with Gasteiger partial charge in [0.05, 0.1) is 11.2 Å². The third-order valence-electron chi connectivity index (χ3n) is 16.8. The average Bonchev–Trinajstić information content (AvgIpc) is 4.02. The molecule has 8 aromatic carbocycles. The minimum absolute atomic E-state index is 0.0617. The van der Waals surface area contributed by atoms with Crippen LogP contribution in [0.5, 0.6) is 0 Å². The summed E-state index contributed by atoms with van der Waals surface area (Å²) in [4.78, 5) is 0. The molecule has 0 unspecified atom stereocenters. The Labute approximate surface area is 403 Å². The molecule has 3 aromatic heterocycles. The highest BCUT2D eigenvalue weighted by atomic mass is 32.1. The van der Waals surface area contributed by atoms with E-state index >= 15 is 0 Å². The summed E-state index contributed by atoms with van der Waals surface area (Å²) in [5.74, 6) is 0. The lowest BCUT2D eigenvalue weighted by Crippen LogP contribution is -2.37. The summed E-state index contributed by atoms with van der Waals surface area (Å²) in [6, 6.07) is 51.5. The minimum Gasteiger partial charge on any atom is -0.456 e. The van der Waals surface area contributed by atoms with Crippen LogP contribution in [0.3, 0.4) is 0 Å². The standard InChI is InChI=1S/C63H55BN2OS/c1-60(2,3)34-18-20-35(21-19-34)65-51-32-55-43(44-28-48-49(31-54(44)67-55)62(6,7)25-24-61(48,4)5)26-41(51)38-22-23-39-42-27-45-37-15-11-13-17-56(37)68-57(45)33-52(42)66-53-30-47-40(29-50(53)64-58(38)59(39)66)36-14-10-12-16-46(36)63(47,8)9/h10-23,26-33,64-65H,24-25H2,1-9H3. The number of rotatable bonds is 3. The highest BCUT2D eigenvalue weighted by molar-refractivity contribution is 7.25. The zero-order valence-electron chi connectivity index (χ0n) is 40.6. The van der Waals surface area contributed by atoms with Gasteiger partial charge in [-0.05, 0) is 134 Å². The molecule has 0 radical (unpaired) electrons. The summed E-state index contributed by atoms with van der Waals surface area (Å²) in [5.41, 5.74) is 22.9. The van der Waals surface area contributed by atoms with E-state index in [1.54, 1.807) is 0 Å². The molecular formula is C63H55BN2OS. The van der Waals surface area contributed by atoms with Crippen molar-refractivity contribution in [1.29, 1.82) is 0 Å². The summed E-state index contributed by atoms with van der Waals surface area (Å²) in [6.45, 7) is 21.3. The topological polar surface area (TPSA) is 30.1 Å². The van der Waals surface area contributed by atoms with E-state index in [4.69, 9.17) is 4.42 Å². The van der Waals surface area contributed by atoms with Gasteiger partial charge < -0.3 is 14.3 Å². The van der Waals surface area contributed by atoms with E-state index in [0.717, 1.165) is 36.2 Å². The fourth-order valence-corrected chi connectivity index (χ4v) is 13.9. The molecule has 0 atom stereocenters. The van der Waals surface area contributed by atoms with Crippen LogP contribution >= 0.6 is 11.3 Å². The normalized spacial score (nSPS) is 16.4. The second-order valence-electron chi connectivity index (χ2n) is 23.3. The van der Waals surface area contributed by atoms with Gasteiger partial charge in [0.1, 0.15) is 11.2 Å². The molecule has 0 saturated heterocycles. The third-order valence-corrected chi connectivity index (χ3v) is 18.0. The smallest absolute Gasteiger partial charge is 0.198 e. The van der Waals surface area contributed by atoms with Crippen LogP contribution < -0.4 is 16.2 Å². The van der Waals surface area contributed by atoms with Crippen LogP contribution in [0.2, 0.25) is 0 Å². The number of nitrogens with one attached hydrogen (secondary N) is 1. The number of hydrogen-bond acceptors (Lipinski definition) is 3. The van der Waals surface area contributed by atoms with Crippen molar-refractivity contribution in [3.05, 3.63) is 161 Å². The first-order valence-corrected chi connectivity index (χ1v) is 25.5. The van der Waals surface area contributed by atoms with Crippen molar-refractivity contribution in [3.63, 3.8) is 0 Å². The first-order valence-electron chi connectivity index (χ1n) is 24.7. The van der Waals surface area contributed by atoms with Gasteiger partial charge >= 0.3 is 0 Å². The van der Waals surface area contributed by atoms with Crippen LogP contribution in [0, 0.1) is 0 Å². The molecule has 11 aromatic rings. The Kier molecular flexibility index (Phi) is 7.96. The maximum absolute atomic E-state index is 6.96. The van der Waals surface area contributed by atoms with Crippen LogP contribution in [-0.4, -0.2) is 11.8 Å². The number of furan rings is 1. The molecule has 0 saturated carbocycles. The predicted octanol–water partition coefficient (Wildman–Crippen LogP) is 16.1. The van der Waals surface area contributed by atoms with Crippen molar-refractivity contribution in [2.24, 2.45) is 0 Å². The van der Waals surface area contributed by atoms with Gasteiger partial charge in [-0.25, -0.2) is 0 Å². The summed E-state index contributed by atoms with van der Waals surface area (Å²) in [5, 5.41) is 11.6. The molecule has 14 rings (SSSR count). The lowest BCUT2D eigenvalue weighted by Gasteiger charge is -2.41. The van der Waals surface area contributed by atoms with Gasteiger partial charge in [-0.1, -0.05) is 141 Å². The summed E-state index contributed by atoms with van der Waals surface area (Å²) in [6.07, 6.45) is 2.33. The fourth-order valence-electron chi connectivity index (χ4n) is 12.8. The zero-order chi connectivity index (χ0) is 46.4. The van der Waals surface area contributed by atoms with Crippen molar-refractivity contribution >= 4 is 105 Å². The van der Waals surface area contributed by atoms with Crippen LogP contribution in [-0.2, 0) is 21.7 Å². The number of thiophene rings is 1. The molecule has 2 aliphatic carbocycles. The molecule has 3 aliphatic rings. The highest BCUT2D eigenvalue weighted by Crippen LogP contribution is 2.52. The molecule has 4 heterocycles. The Morgan fingerprint density at radius 1 is 0.559 bits per heavy atom. The molecule has 68 heavy (non-hydrogen) atoms. The van der Waals surface area contributed by atoms with Crippen molar-refractivity contribution in [2.45, 2.75) is 96.8 Å². The van der Waals surface area contributed by atoms with E-state index < -0.39 is 0 Å². The molecule has 0 fully saturated rings. The number of aromatic nitrogens is 1. The van der Waals surface area contributed by atoms with Crippen LogP contribution in [0.1, 0.15) is 103 Å². The molecule has 5 heteroatoms. The monoisotopic (exact) mass is 898 g/mol. The first-order chi connectivity index (χ1) is 32.5. The number of anilines is 2. The van der Waals surface area contributed by atoms with Crippen LogP contribution in [0.15, 0.2) is 138 Å². The van der Waals surface area contributed by atoms with E-state index in [9.17, 15) is 0 Å². The van der Waals surface area contributed by atoms with Gasteiger partial charge in [0.25, 0.3) is 0 Å². The van der Waals surface area contributed by atoms with Gasteiger partial charge in [-0.2, -0.15) is 0 Å². The molecule has 1 N–H and O–H groups in total. The van der Waals surface area contributed by atoms with Crippen molar-refractivity contribution < 1.29 is 4.42 Å². The van der Waals surface area contributed by atoms with Crippen LogP contribution in [0.4, 0.5) is 11.4 Å². The first kappa shape index (κ1) is 40.5. The lowest BCUT2D eigenvalue weighted by atomic mass is 9.58. The van der Waals surface area contributed by atoms with E-state index in [1.165, 1.54) is 126 Å². The number of hydrogen-bond donors (Lipinski definition) is 1. The van der Waals surface area contributed by atoms with Crippen LogP contribution in [0.25, 0.3) is 91.9 Å². The van der Waals surface area contributed by atoms with Gasteiger partial charge in [0.15, 0.2) is 7.28 Å². The van der Waals surface area contributed by atoms with E-state index in [2.05, 4.69) is 206 Å². The van der Waals surface area contributed by atoms with Crippen molar-refractivity contribution in [3.8, 4) is 27.9 Å². The second-order valence-corrected chi connectivity index (χ2v) is 24.4. The van der Waals surface area contributed by atoms with Crippen molar-refractivity contribution in [2.75, 3.05) is 5.32 Å². The Hall–Kier alpha value is -6.56. The molecular weight excluding hydrogens is 844 g/mol. The SMILES string of the molecule is CC(C)(C)c1ccc(Nc2cc3oc4cc5c(cc4c3cc2-c2ccc3c4cc6c(cc4n4c3c2Bc2cc3c(cc2-4)C(C)(C)c2ccccc2-3)sc2ccccc26)C(C)(C)CCC5(C)C)cc1. The highest BCUT2D eigenvalue weighted by Gasteiger charge is 2.40. The quantitative estimate of drug-likeness (QED) is 0.179. The summed E-state index contributed by atoms with van der Waals surface area (Å²) in [7, 11) is 0.826. The summed E-state index contributed by atoms with van der Waals surface area (Å²) < 4.78 is 12.3. The molecule has 0 bridgehead atoms. The molecule has 0 spiro atoms. The van der Waals surface area contributed by atoms with Gasteiger partial charge in [0, 0.05) is 75.7 Å². The number of benzene rings is 8. The Morgan fingerprint density at radius 3 is 2.07 bits per heavy atom. The Morgan fingerprint density at radius 2 is 1.28 bits per heavy atom. The predicted molar refractivity (Wildman–Crippen MR) is 294 cm³/mol. The van der Waals surface area contributed by atoms with E-state index in [1.807, 2.05) is 11.3 Å². The zero-order valence-corrected chi connectivity index (χ0v) is 41.4. The van der Waals surface area contributed by atoms with Crippen molar-refractivity contribution in [1.82, 2.24) is 4.57 Å². The van der Waals surface area contributed by atoms with Gasteiger partial charge in [-0.15, -0.1) is 11.3 Å². The lowest BCUT2D eigenvalue weighted by molar-refractivity contribution is 0.332. The maximum atomic E-state index is 6.96. The fraction of sp³-hybridized carbons (Fsp3) is 0.238. The third kappa shape index (κ3) is 5.54. The number of nitrogens with zero attached hydrogens (tertiary/aromatic N) is 1. The van der Waals surface area contributed by atoms with Gasteiger partial charge in [0.2, 0.25) is 0 Å². The van der Waals surface area contributed by atoms with E-state index in [0.29, 0.717) is 0 Å². The largest absolute Gasteiger partial charge is 0.456 e. The van der Waals surface area contributed by atoms with Gasteiger partial charge in [-0.3, -0.25) is 0 Å². The number of fused-ring (bicyclic) bond motifs is 15.